The zero-order chi connectivity index (χ0) is 30.1. The van der Waals surface area contributed by atoms with E-state index in [2.05, 4.69) is 56.7 Å². The number of rotatable bonds is 6. The lowest BCUT2D eigenvalue weighted by Gasteiger charge is -2.34. The summed E-state index contributed by atoms with van der Waals surface area (Å²) in [5, 5.41) is 6.14. The van der Waals surface area contributed by atoms with Crippen LogP contribution in [0.5, 0.6) is 0 Å². The number of aliphatic imine (C=N–C) groups is 2. The molecule has 0 bridgehead atoms. The molecule has 6 rings (SSSR count). The predicted molar refractivity (Wildman–Crippen MR) is 166 cm³/mol. The van der Waals surface area contributed by atoms with Gasteiger partial charge in [0.1, 0.15) is 5.82 Å². The summed E-state index contributed by atoms with van der Waals surface area (Å²) in [6, 6.07) is 18.1. The topological polar surface area (TPSA) is 72.3 Å². The molecule has 1 saturated heterocycles. The third kappa shape index (κ3) is 6.10. The first-order valence-corrected chi connectivity index (χ1v) is 14.1. The number of fused-ring (bicyclic) bond motifs is 1. The largest absolute Gasteiger partial charge is 0.416 e. The lowest BCUT2D eigenvalue weighted by molar-refractivity contribution is -0.137. The van der Waals surface area contributed by atoms with E-state index in [1.54, 1.807) is 12.1 Å². The van der Waals surface area contributed by atoms with E-state index in [-0.39, 0.29) is 5.69 Å². The fourth-order valence-electron chi connectivity index (χ4n) is 5.41. The maximum atomic E-state index is 13.1. The highest BCUT2D eigenvalue weighted by Crippen LogP contribution is 2.34. The molecule has 0 radical (unpaired) electrons. The Bertz CT molecular complexity index is 1660. The Morgan fingerprint density at radius 1 is 0.907 bits per heavy atom. The molecule has 1 amide bonds. The number of halogens is 3. The van der Waals surface area contributed by atoms with Gasteiger partial charge in [-0.25, -0.2) is 4.99 Å². The maximum absolute atomic E-state index is 13.1. The monoisotopic (exact) mass is 584 g/mol. The van der Waals surface area contributed by atoms with E-state index in [9.17, 15) is 18.0 Å². The Morgan fingerprint density at radius 2 is 1.60 bits per heavy atom. The van der Waals surface area contributed by atoms with Crippen molar-refractivity contribution in [1.82, 2.24) is 4.90 Å². The van der Waals surface area contributed by atoms with Crippen LogP contribution in [-0.2, 0) is 6.18 Å². The summed E-state index contributed by atoms with van der Waals surface area (Å²) in [6.45, 7) is 5.95. The van der Waals surface area contributed by atoms with Crippen LogP contribution in [0.4, 0.5) is 30.2 Å². The van der Waals surface area contributed by atoms with Gasteiger partial charge in [0.2, 0.25) is 0 Å². The van der Waals surface area contributed by atoms with E-state index in [1.165, 1.54) is 17.8 Å². The number of carbonyl (C=O) groups excluding carboxylic acids is 1. The molecule has 3 heterocycles. The minimum atomic E-state index is -4.44. The molecule has 7 nitrogen and oxygen atoms in total. The zero-order valence-corrected chi connectivity index (χ0v) is 23.9. The summed E-state index contributed by atoms with van der Waals surface area (Å²) < 4.78 is 38.7. The van der Waals surface area contributed by atoms with Gasteiger partial charge in [-0.1, -0.05) is 12.1 Å². The molecule has 3 aliphatic rings. The normalized spacial score (nSPS) is 17.0. The van der Waals surface area contributed by atoms with E-state index in [0.717, 1.165) is 72.1 Å². The molecule has 2 N–H and O–H groups in total. The van der Waals surface area contributed by atoms with Crippen molar-refractivity contribution in [2.75, 3.05) is 48.8 Å². The second-order valence-electron chi connectivity index (χ2n) is 10.8. The van der Waals surface area contributed by atoms with Gasteiger partial charge in [0, 0.05) is 72.6 Å². The molecule has 3 aromatic carbocycles. The van der Waals surface area contributed by atoms with Crippen LogP contribution in [0.3, 0.4) is 0 Å². The Kier molecular flexibility index (Phi) is 7.62. The average molecular weight is 585 g/mol. The van der Waals surface area contributed by atoms with Crippen LogP contribution in [0, 0.1) is 6.92 Å². The summed E-state index contributed by atoms with van der Waals surface area (Å²) in [5.74, 6) is 0.300. The Hall–Kier alpha value is -4.70. The number of piperazine rings is 1. The van der Waals surface area contributed by atoms with Crippen molar-refractivity contribution >= 4 is 40.6 Å². The van der Waals surface area contributed by atoms with Gasteiger partial charge in [0.05, 0.1) is 17.0 Å². The first kappa shape index (κ1) is 28.4. The molecular formula is C33H31F3N6O. The van der Waals surface area contributed by atoms with Crippen LogP contribution < -0.4 is 15.5 Å². The van der Waals surface area contributed by atoms with Crippen LogP contribution in [0.15, 0.2) is 94.2 Å². The van der Waals surface area contributed by atoms with Crippen molar-refractivity contribution in [3.63, 3.8) is 0 Å². The van der Waals surface area contributed by atoms with Crippen LogP contribution in [0.25, 0.3) is 5.70 Å². The lowest BCUT2D eigenvalue weighted by Crippen LogP contribution is -2.44. The number of benzene rings is 3. The van der Waals surface area contributed by atoms with Crippen LogP contribution in [0.2, 0.25) is 0 Å². The zero-order valence-electron chi connectivity index (χ0n) is 23.9. The van der Waals surface area contributed by atoms with E-state index in [0.29, 0.717) is 17.8 Å². The van der Waals surface area contributed by atoms with Crippen molar-refractivity contribution < 1.29 is 18.0 Å². The lowest BCUT2D eigenvalue weighted by atomic mass is 9.98. The fourth-order valence-corrected chi connectivity index (χ4v) is 5.41. The van der Waals surface area contributed by atoms with Crippen molar-refractivity contribution in [2.24, 2.45) is 9.98 Å². The Morgan fingerprint density at radius 3 is 2.30 bits per heavy atom. The molecule has 10 heteroatoms. The molecule has 0 atom stereocenters. The molecule has 1 fully saturated rings. The van der Waals surface area contributed by atoms with E-state index >= 15 is 0 Å². The third-order valence-corrected chi connectivity index (χ3v) is 7.93. The number of nitrogens with one attached hydrogen (secondary N) is 2. The number of hydrogen-bond donors (Lipinski definition) is 2. The number of allylic oxidation sites excluding steroid dienone is 2. The van der Waals surface area contributed by atoms with E-state index in [4.69, 9.17) is 4.99 Å². The predicted octanol–water partition coefficient (Wildman–Crippen LogP) is 6.61. The van der Waals surface area contributed by atoms with Gasteiger partial charge in [-0.2, -0.15) is 13.2 Å². The highest BCUT2D eigenvalue weighted by atomic mass is 19.4. The first-order chi connectivity index (χ1) is 20.7. The molecule has 0 unspecified atom stereocenters. The van der Waals surface area contributed by atoms with Crippen molar-refractivity contribution in [2.45, 2.75) is 19.5 Å². The maximum Gasteiger partial charge on any atom is 0.416 e. The highest BCUT2D eigenvalue weighted by molar-refractivity contribution is 6.17. The van der Waals surface area contributed by atoms with E-state index < -0.39 is 17.6 Å². The van der Waals surface area contributed by atoms with Crippen LogP contribution in [-0.4, -0.2) is 56.0 Å². The van der Waals surface area contributed by atoms with Gasteiger partial charge in [-0.3, -0.25) is 9.79 Å². The molecule has 43 heavy (non-hydrogen) atoms. The summed E-state index contributed by atoms with van der Waals surface area (Å²) in [7, 11) is 2.14. The number of carbonyl (C=O) groups is 1. The third-order valence-electron chi connectivity index (χ3n) is 7.93. The minimum absolute atomic E-state index is 0.281. The standard InChI is InChI=1S/C33H31F3N6O/c1-21-26(4-3-5-27(21)32(43)39-24-8-6-22(7-9-24)33(34,35)36)30-20-28-29(40-30)14-15-37-31(28)38-23-10-12-25(13-11-23)42-18-16-41(2)17-19-42/h3-13,15,20,38H,14,16-19H2,1-2H3,(H,39,43). The summed E-state index contributed by atoms with van der Waals surface area (Å²) in [4.78, 5) is 27.3. The number of alkyl halides is 3. The summed E-state index contributed by atoms with van der Waals surface area (Å²) in [6.07, 6.45) is -0.0320. The van der Waals surface area contributed by atoms with Gasteiger partial charge in [0.15, 0.2) is 0 Å². The summed E-state index contributed by atoms with van der Waals surface area (Å²) in [5.41, 5.74) is 6.09. The van der Waals surface area contributed by atoms with E-state index in [1.807, 2.05) is 25.3 Å². The quantitative estimate of drug-likeness (QED) is 0.342. The minimum Gasteiger partial charge on any atom is -0.369 e. The first-order valence-electron chi connectivity index (χ1n) is 14.1. The van der Waals surface area contributed by atoms with Crippen LogP contribution in [0.1, 0.15) is 33.5 Å². The number of likely N-dealkylation sites (N-methyl/N-ethyl adjacent to an activating group) is 1. The fraction of sp³-hybridized carbons (Fsp3) is 0.242. The van der Waals surface area contributed by atoms with Crippen LogP contribution >= 0.6 is 0 Å². The molecule has 3 aliphatic heterocycles. The number of nitrogens with zero attached hydrogens (tertiary/aromatic N) is 4. The molecule has 0 aliphatic carbocycles. The molecule has 0 saturated carbocycles. The molecule has 220 valence electrons. The summed E-state index contributed by atoms with van der Waals surface area (Å²) >= 11 is 0. The van der Waals surface area contributed by atoms with Gasteiger partial charge in [-0.05, 0) is 80.2 Å². The van der Waals surface area contributed by atoms with Gasteiger partial charge in [0.25, 0.3) is 5.91 Å². The van der Waals surface area contributed by atoms with Crippen molar-refractivity contribution in [1.29, 1.82) is 0 Å². The molecule has 0 aromatic heterocycles. The second-order valence-corrected chi connectivity index (χ2v) is 10.8. The number of anilines is 3. The van der Waals surface area contributed by atoms with Gasteiger partial charge in [-0.15, -0.1) is 0 Å². The second kappa shape index (κ2) is 11.5. The highest BCUT2D eigenvalue weighted by Gasteiger charge is 2.30. The van der Waals surface area contributed by atoms with Crippen molar-refractivity contribution in [3.05, 3.63) is 106 Å². The Labute approximate surface area is 248 Å². The average Bonchev–Trinajstić information content (AvgIpc) is 3.43. The SMILES string of the molecule is Cc1c(C(=O)Nc2ccc(C(F)(F)F)cc2)cccc1C1=CC2=C(Nc3ccc(N4CCN(C)CC4)cc3)N=CCC2=N1. The Balaban J connectivity index is 1.20. The van der Waals surface area contributed by atoms with Gasteiger partial charge >= 0.3 is 6.18 Å². The van der Waals surface area contributed by atoms with Crippen molar-refractivity contribution in [3.8, 4) is 0 Å². The number of hydrogen-bond acceptors (Lipinski definition) is 6. The molecular weight excluding hydrogens is 553 g/mol. The molecule has 0 spiro atoms. The number of amides is 1. The molecule has 3 aromatic rings. The van der Waals surface area contributed by atoms with Gasteiger partial charge < -0.3 is 20.4 Å². The smallest absolute Gasteiger partial charge is 0.369 e.